The van der Waals surface area contributed by atoms with Crippen molar-refractivity contribution in [1.29, 1.82) is 0 Å². The number of rotatable bonds is 2. The molecule has 0 saturated carbocycles. The van der Waals surface area contributed by atoms with E-state index in [-0.39, 0.29) is 6.10 Å². The summed E-state index contributed by atoms with van der Waals surface area (Å²) in [4.78, 5) is 0. The lowest BCUT2D eigenvalue weighted by atomic mass is 10.0. The molecule has 1 saturated heterocycles. The monoisotopic (exact) mass is 258 g/mol. The van der Waals surface area contributed by atoms with Crippen LogP contribution in [0.4, 0.5) is 0 Å². The average molecular weight is 259 g/mol. The van der Waals surface area contributed by atoms with E-state index in [1.807, 2.05) is 24.0 Å². The first-order valence-corrected chi connectivity index (χ1v) is 6.12. The minimum Gasteiger partial charge on any atom is -0.368 e. The van der Waals surface area contributed by atoms with Crippen LogP contribution in [-0.4, -0.2) is 21.2 Å². The fourth-order valence-corrected chi connectivity index (χ4v) is 2.31. The first-order chi connectivity index (χ1) is 6.79. The van der Waals surface area contributed by atoms with E-state index in [9.17, 15) is 0 Å². The Morgan fingerprint density at radius 3 is 3.14 bits per heavy atom. The van der Waals surface area contributed by atoms with E-state index in [1.165, 1.54) is 6.42 Å². The quantitative estimate of drug-likeness (QED) is 0.763. The molecule has 78 valence electrons. The minimum absolute atomic E-state index is 0.201. The second-order valence-electron chi connectivity index (χ2n) is 3.75. The van der Waals surface area contributed by atoms with Crippen molar-refractivity contribution in [3.63, 3.8) is 0 Å². The normalized spacial score (nSPS) is 27.9. The van der Waals surface area contributed by atoms with Gasteiger partial charge < -0.3 is 4.74 Å². The fraction of sp³-hybridized carbons (Fsp3) is 0.700. The standard InChI is InChI=1S/C10H15BrN2O/c1-13-6-5-9(12-13)10-4-2-3-8(7-11)14-10/h5-6,8,10H,2-4,7H2,1H3. The van der Waals surface area contributed by atoms with E-state index in [2.05, 4.69) is 21.0 Å². The predicted octanol–water partition coefficient (Wildman–Crippen LogP) is 2.43. The van der Waals surface area contributed by atoms with Crippen molar-refractivity contribution in [1.82, 2.24) is 9.78 Å². The molecule has 3 nitrogen and oxygen atoms in total. The molecule has 0 radical (unpaired) electrons. The molecule has 2 atom stereocenters. The molecule has 1 aliphatic heterocycles. The highest BCUT2D eigenvalue weighted by Crippen LogP contribution is 2.30. The first kappa shape index (κ1) is 10.2. The Bertz CT molecular complexity index is 300. The zero-order chi connectivity index (χ0) is 9.97. The molecular formula is C10H15BrN2O. The van der Waals surface area contributed by atoms with Crippen molar-refractivity contribution in [3.05, 3.63) is 18.0 Å². The Hall–Kier alpha value is -0.350. The molecule has 0 aliphatic carbocycles. The Morgan fingerprint density at radius 1 is 1.64 bits per heavy atom. The first-order valence-electron chi connectivity index (χ1n) is 5.00. The number of ether oxygens (including phenoxy) is 1. The van der Waals surface area contributed by atoms with Gasteiger partial charge in [0.05, 0.1) is 11.8 Å². The van der Waals surface area contributed by atoms with Crippen molar-refractivity contribution in [2.75, 3.05) is 5.33 Å². The lowest BCUT2D eigenvalue weighted by Gasteiger charge is -2.27. The van der Waals surface area contributed by atoms with Crippen molar-refractivity contribution in [2.45, 2.75) is 31.5 Å². The lowest BCUT2D eigenvalue weighted by molar-refractivity contribution is -0.0407. The molecule has 0 amide bonds. The van der Waals surface area contributed by atoms with Gasteiger partial charge in [0.25, 0.3) is 0 Å². The highest BCUT2D eigenvalue weighted by atomic mass is 79.9. The molecule has 0 aromatic carbocycles. The van der Waals surface area contributed by atoms with Crippen LogP contribution in [0.5, 0.6) is 0 Å². The maximum atomic E-state index is 5.91. The van der Waals surface area contributed by atoms with Gasteiger partial charge >= 0.3 is 0 Å². The summed E-state index contributed by atoms with van der Waals surface area (Å²) in [5.41, 5.74) is 1.07. The van der Waals surface area contributed by atoms with Crippen LogP contribution < -0.4 is 0 Å². The van der Waals surface area contributed by atoms with Gasteiger partial charge in [-0.2, -0.15) is 5.10 Å². The third kappa shape index (κ3) is 2.17. The molecule has 2 heterocycles. The number of aryl methyl sites for hydroxylation is 1. The number of nitrogens with zero attached hydrogens (tertiary/aromatic N) is 2. The molecular weight excluding hydrogens is 244 g/mol. The number of aromatic nitrogens is 2. The van der Waals surface area contributed by atoms with Gasteiger partial charge in [-0.25, -0.2) is 0 Å². The molecule has 0 N–H and O–H groups in total. The summed E-state index contributed by atoms with van der Waals surface area (Å²) in [6.45, 7) is 0. The topological polar surface area (TPSA) is 27.1 Å². The number of halogens is 1. The zero-order valence-electron chi connectivity index (χ0n) is 8.32. The molecule has 14 heavy (non-hydrogen) atoms. The van der Waals surface area contributed by atoms with Crippen molar-refractivity contribution in [2.24, 2.45) is 7.05 Å². The van der Waals surface area contributed by atoms with Crippen LogP contribution >= 0.6 is 15.9 Å². The number of hydrogen-bond acceptors (Lipinski definition) is 2. The third-order valence-corrected chi connectivity index (χ3v) is 3.31. The summed E-state index contributed by atoms with van der Waals surface area (Å²) in [6.07, 6.45) is 6.02. The molecule has 1 aromatic rings. The van der Waals surface area contributed by atoms with E-state index in [1.54, 1.807) is 0 Å². The van der Waals surface area contributed by atoms with E-state index in [0.717, 1.165) is 23.9 Å². The highest BCUT2D eigenvalue weighted by molar-refractivity contribution is 9.09. The zero-order valence-corrected chi connectivity index (χ0v) is 9.90. The van der Waals surface area contributed by atoms with E-state index >= 15 is 0 Å². The van der Waals surface area contributed by atoms with Crippen molar-refractivity contribution in [3.8, 4) is 0 Å². The Morgan fingerprint density at radius 2 is 2.50 bits per heavy atom. The predicted molar refractivity (Wildman–Crippen MR) is 58.5 cm³/mol. The van der Waals surface area contributed by atoms with Crippen LogP contribution in [-0.2, 0) is 11.8 Å². The molecule has 1 aromatic heterocycles. The third-order valence-electron chi connectivity index (χ3n) is 2.59. The summed E-state index contributed by atoms with van der Waals surface area (Å²) < 4.78 is 7.74. The largest absolute Gasteiger partial charge is 0.368 e. The van der Waals surface area contributed by atoms with Gasteiger partial charge in [-0.3, -0.25) is 4.68 Å². The summed E-state index contributed by atoms with van der Waals surface area (Å²) in [6, 6.07) is 2.04. The molecule has 1 fully saturated rings. The summed E-state index contributed by atoms with van der Waals surface area (Å²) in [5.74, 6) is 0. The second-order valence-corrected chi connectivity index (χ2v) is 4.39. The van der Waals surface area contributed by atoms with Gasteiger partial charge in [-0.15, -0.1) is 0 Å². The minimum atomic E-state index is 0.201. The van der Waals surface area contributed by atoms with Crippen LogP contribution in [0, 0.1) is 0 Å². The van der Waals surface area contributed by atoms with Crippen molar-refractivity contribution < 1.29 is 4.74 Å². The molecule has 2 rings (SSSR count). The molecule has 4 heteroatoms. The van der Waals surface area contributed by atoms with Crippen LogP contribution in [0.1, 0.15) is 31.1 Å². The van der Waals surface area contributed by atoms with Gasteiger partial charge in [0.2, 0.25) is 0 Å². The molecule has 0 spiro atoms. The lowest BCUT2D eigenvalue weighted by Crippen LogP contribution is -2.23. The van der Waals surface area contributed by atoms with Gasteiger partial charge in [-0.05, 0) is 25.3 Å². The van der Waals surface area contributed by atoms with Gasteiger partial charge in [0.1, 0.15) is 6.10 Å². The summed E-state index contributed by atoms with van der Waals surface area (Å²) in [5, 5.41) is 5.31. The summed E-state index contributed by atoms with van der Waals surface area (Å²) in [7, 11) is 1.94. The highest BCUT2D eigenvalue weighted by Gasteiger charge is 2.24. The Kier molecular flexibility index (Phi) is 3.23. The number of alkyl halides is 1. The molecule has 0 bridgehead atoms. The SMILES string of the molecule is Cn1ccc(C2CCCC(CBr)O2)n1. The van der Waals surface area contributed by atoms with Gasteiger partial charge in [0.15, 0.2) is 0 Å². The molecule has 1 aliphatic rings. The Balaban J connectivity index is 2.04. The number of hydrogen-bond donors (Lipinski definition) is 0. The van der Waals surface area contributed by atoms with E-state index in [4.69, 9.17) is 4.74 Å². The van der Waals surface area contributed by atoms with Crippen molar-refractivity contribution >= 4 is 15.9 Å². The average Bonchev–Trinajstić information content (AvgIpc) is 2.65. The van der Waals surface area contributed by atoms with Crippen LogP contribution in [0.15, 0.2) is 12.3 Å². The van der Waals surface area contributed by atoms with Gasteiger partial charge in [0, 0.05) is 18.6 Å². The van der Waals surface area contributed by atoms with Crippen LogP contribution in [0.25, 0.3) is 0 Å². The maximum Gasteiger partial charge on any atom is 0.102 e. The summed E-state index contributed by atoms with van der Waals surface area (Å²) >= 11 is 3.47. The van der Waals surface area contributed by atoms with Crippen LogP contribution in [0.3, 0.4) is 0 Å². The molecule has 2 unspecified atom stereocenters. The smallest absolute Gasteiger partial charge is 0.102 e. The maximum absolute atomic E-state index is 5.91. The second kappa shape index (κ2) is 4.45. The fourth-order valence-electron chi connectivity index (χ4n) is 1.84. The Labute approximate surface area is 92.6 Å². The van der Waals surface area contributed by atoms with Crippen LogP contribution in [0.2, 0.25) is 0 Å². The van der Waals surface area contributed by atoms with Gasteiger partial charge in [-0.1, -0.05) is 15.9 Å². The van der Waals surface area contributed by atoms with E-state index in [0.29, 0.717) is 6.10 Å². The van der Waals surface area contributed by atoms with E-state index < -0.39 is 0 Å².